The summed E-state index contributed by atoms with van der Waals surface area (Å²) in [5.74, 6) is -1.93. The Morgan fingerprint density at radius 2 is 1.44 bits per heavy atom. The van der Waals surface area contributed by atoms with E-state index in [4.69, 9.17) is 0 Å². The average Bonchev–Trinajstić information content (AvgIpc) is 2.89. The molecule has 6 nitrogen and oxygen atoms in total. The molecule has 3 aromatic rings. The SMILES string of the molecule is Cc1ccc(C(=O)N2CCCC(C(=O)N[C@@H](Cc3ccc(-c4ccc(C)cc4)cc3)C(=O)O)C2)cc1. The van der Waals surface area contributed by atoms with Gasteiger partial charge in [0.1, 0.15) is 6.04 Å². The van der Waals surface area contributed by atoms with Crippen LogP contribution < -0.4 is 5.32 Å². The second-order valence-corrected chi connectivity index (χ2v) is 9.62. The van der Waals surface area contributed by atoms with Crippen LogP contribution in [0.1, 0.15) is 39.9 Å². The number of rotatable bonds is 7. The minimum absolute atomic E-state index is 0.101. The maximum atomic E-state index is 13.0. The van der Waals surface area contributed by atoms with Crippen LogP contribution in [0.3, 0.4) is 0 Å². The van der Waals surface area contributed by atoms with E-state index in [0.717, 1.165) is 22.3 Å². The van der Waals surface area contributed by atoms with Crippen LogP contribution in [0, 0.1) is 19.8 Å². The van der Waals surface area contributed by atoms with Crippen LogP contribution >= 0.6 is 0 Å². The van der Waals surface area contributed by atoms with Crippen LogP contribution in [0.25, 0.3) is 11.1 Å². The molecule has 1 aliphatic rings. The predicted octanol–water partition coefficient (Wildman–Crippen LogP) is 4.63. The third-order valence-electron chi connectivity index (χ3n) is 6.77. The summed E-state index contributed by atoms with van der Waals surface area (Å²) in [6.07, 6.45) is 1.52. The predicted molar refractivity (Wildman–Crippen MR) is 140 cm³/mol. The molecular weight excluding hydrogens is 452 g/mol. The van der Waals surface area contributed by atoms with Crippen LogP contribution in [0.4, 0.5) is 0 Å². The molecule has 6 heteroatoms. The van der Waals surface area contributed by atoms with Crippen molar-refractivity contribution in [3.63, 3.8) is 0 Å². The fourth-order valence-electron chi connectivity index (χ4n) is 4.56. The van der Waals surface area contributed by atoms with E-state index in [-0.39, 0.29) is 24.8 Å². The average molecular weight is 485 g/mol. The largest absolute Gasteiger partial charge is 0.480 e. The topological polar surface area (TPSA) is 86.7 Å². The zero-order valence-electron chi connectivity index (χ0n) is 20.7. The number of aryl methyl sites for hydroxylation is 2. The highest BCUT2D eigenvalue weighted by Crippen LogP contribution is 2.22. The molecule has 36 heavy (non-hydrogen) atoms. The summed E-state index contributed by atoms with van der Waals surface area (Å²) in [6, 6.07) is 22.3. The summed E-state index contributed by atoms with van der Waals surface area (Å²) < 4.78 is 0. The number of nitrogens with one attached hydrogen (secondary N) is 1. The van der Waals surface area contributed by atoms with Gasteiger partial charge < -0.3 is 15.3 Å². The van der Waals surface area contributed by atoms with Crippen molar-refractivity contribution >= 4 is 17.8 Å². The first kappa shape index (κ1) is 25.2. The van der Waals surface area contributed by atoms with E-state index in [1.54, 1.807) is 17.0 Å². The first-order valence-corrected chi connectivity index (χ1v) is 12.4. The molecule has 2 atom stereocenters. The van der Waals surface area contributed by atoms with Crippen LogP contribution in [-0.2, 0) is 16.0 Å². The lowest BCUT2D eigenvalue weighted by Crippen LogP contribution is -2.50. The maximum Gasteiger partial charge on any atom is 0.326 e. The van der Waals surface area contributed by atoms with E-state index in [1.165, 1.54) is 5.56 Å². The number of amides is 2. The molecule has 1 saturated heterocycles. The van der Waals surface area contributed by atoms with Crippen LogP contribution in [0.5, 0.6) is 0 Å². The number of aliphatic carboxylic acids is 1. The van der Waals surface area contributed by atoms with Crippen molar-refractivity contribution in [2.75, 3.05) is 13.1 Å². The Balaban J connectivity index is 1.38. The Kier molecular flexibility index (Phi) is 7.84. The molecule has 0 radical (unpaired) electrons. The van der Waals surface area contributed by atoms with Crippen LogP contribution in [0.15, 0.2) is 72.8 Å². The van der Waals surface area contributed by atoms with Gasteiger partial charge in [0.05, 0.1) is 5.92 Å². The lowest BCUT2D eigenvalue weighted by Gasteiger charge is -2.32. The number of hydrogen-bond donors (Lipinski definition) is 2. The molecule has 0 bridgehead atoms. The Labute approximate surface area is 212 Å². The van der Waals surface area contributed by atoms with Crippen molar-refractivity contribution < 1.29 is 19.5 Å². The van der Waals surface area contributed by atoms with Gasteiger partial charge in [-0.1, -0.05) is 71.8 Å². The summed E-state index contributed by atoms with van der Waals surface area (Å²) in [7, 11) is 0. The van der Waals surface area contributed by atoms with E-state index >= 15 is 0 Å². The molecule has 2 amide bonds. The van der Waals surface area contributed by atoms with Gasteiger partial charge in [-0.25, -0.2) is 4.79 Å². The Morgan fingerprint density at radius 1 is 0.889 bits per heavy atom. The normalized spacial score (nSPS) is 16.3. The lowest BCUT2D eigenvalue weighted by atomic mass is 9.95. The summed E-state index contributed by atoms with van der Waals surface area (Å²) in [6.45, 7) is 4.88. The van der Waals surface area contributed by atoms with Crippen molar-refractivity contribution in [2.45, 2.75) is 39.2 Å². The molecule has 1 heterocycles. The quantitative estimate of drug-likeness (QED) is 0.512. The lowest BCUT2D eigenvalue weighted by molar-refractivity contribution is -0.142. The van der Waals surface area contributed by atoms with Crippen molar-refractivity contribution in [3.8, 4) is 11.1 Å². The summed E-state index contributed by atoms with van der Waals surface area (Å²) >= 11 is 0. The van der Waals surface area contributed by atoms with Gasteiger partial charge in [0.25, 0.3) is 5.91 Å². The molecule has 1 fully saturated rings. The first-order valence-electron chi connectivity index (χ1n) is 12.4. The fourth-order valence-corrected chi connectivity index (χ4v) is 4.56. The van der Waals surface area contributed by atoms with Crippen LogP contribution in [-0.4, -0.2) is 46.9 Å². The molecule has 1 unspecified atom stereocenters. The Morgan fingerprint density at radius 3 is 2.03 bits per heavy atom. The maximum absolute atomic E-state index is 13.0. The standard InChI is InChI=1S/C30H32N2O4/c1-20-5-11-23(12-6-20)24-15-9-22(10-16-24)18-27(30(35)36)31-28(33)26-4-3-17-32(19-26)29(34)25-13-7-21(2)8-14-25/h5-16,26-27H,3-4,17-19H2,1-2H3,(H,31,33)(H,35,36)/t26?,27-/m0/s1. The molecule has 0 saturated carbocycles. The van der Waals surface area contributed by atoms with Crippen molar-refractivity contribution in [2.24, 2.45) is 5.92 Å². The zero-order valence-corrected chi connectivity index (χ0v) is 20.7. The van der Waals surface area contributed by atoms with E-state index in [2.05, 4.69) is 29.6 Å². The monoisotopic (exact) mass is 484 g/mol. The smallest absolute Gasteiger partial charge is 0.326 e. The summed E-state index contributed by atoms with van der Waals surface area (Å²) in [4.78, 5) is 39.5. The molecule has 3 aromatic carbocycles. The third kappa shape index (κ3) is 6.19. The Bertz CT molecular complexity index is 1220. The van der Waals surface area contributed by atoms with Crippen LogP contribution in [0.2, 0.25) is 0 Å². The number of carboxylic acid groups (broad SMARTS) is 1. The van der Waals surface area contributed by atoms with Gasteiger partial charge in [0, 0.05) is 25.1 Å². The number of carboxylic acids is 1. The van der Waals surface area contributed by atoms with Crippen molar-refractivity contribution in [3.05, 3.63) is 95.1 Å². The second kappa shape index (κ2) is 11.2. The van der Waals surface area contributed by atoms with E-state index in [9.17, 15) is 19.5 Å². The van der Waals surface area contributed by atoms with Gasteiger partial charge in [-0.3, -0.25) is 9.59 Å². The van der Waals surface area contributed by atoms with Gasteiger partial charge in [0.15, 0.2) is 0 Å². The van der Waals surface area contributed by atoms with Gasteiger partial charge in [0.2, 0.25) is 5.91 Å². The van der Waals surface area contributed by atoms with E-state index in [1.807, 2.05) is 50.2 Å². The highest BCUT2D eigenvalue weighted by Gasteiger charge is 2.31. The van der Waals surface area contributed by atoms with E-state index in [0.29, 0.717) is 24.9 Å². The molecule has 0 aliphatic carbocycles. The molecule has 186 valence electrons. The highest BCUT2D eigenvalue weighted by molar-refractivity contribution is 5.95. The molecule has 0 spiro atoms. The second-order valence-electron chi connectivity index (χ2n) is 9.62. The number of carbonyl (C=O) groups excluding carboxylic acids is 2. The van der Waals surface area contributed by atoms with E-state index < -0.39 is 17.9 Å². The molecule has 0 aromatic heterocycles. The number of piperidine rings is 1. The minimum atomic E-state index is -1.07. The fraction of sp³-hybridized carbons (Fsp3) is 0.300. The summed E-state index contributed by atoms with van der Waals surface area (Å²) in [5, 5.41) is 12.5. The van der Waals surface area contributed by atoms with Gasteiger partial charge in [-0.2, -0.15) is 0 Å². The van der Waals surface area contributed by atoms with Crippen molar-refractivity contribution in [1.82, 2.24) is 10.2 Å². The number of hydrogen-bond acceptors (Lipinski definition) is 3. The first-order chi connectivity index (χ1) is 17.3. The zero-order chi connectivity index (χ0) is 25.7. The third-order valence-corrected chi connectivity index (χ3v) is 6.77. The Hall–Kier alpha value is -3.93. The van der Waals surface area contributed by atoms with Gasteiger partial charge >= 0.3 is 5.97 Å². The van der Waals surface area contributed by atoms with Gasteiger partial charge in [-0.05, 0) is 55.5 Å². The summed E-state index contributed by atoms with van der Waals surface area (Å²) in [5.41, 5.74) is 5.84. The van der Waals surface area contributed by atoms with Crippen molar-refractivity contribution in [1.29, 1.82) is 0 Å². The number of carbonyl (C=O) groups is 3. The number of nitrogens with zero attached hydrogens (tertiary/aromatic N) is 1. The molecular formula is C30H32N2O4. The molecule has 2 N–H and O–H groups in total. The minimum Gasteiger partial charge on any atom is -0.480 e. The highest BCUT2D eigenvalue weighted by atomic mass is 16.4. The number of benzene rings is 3. The van der Waals surface area contributed by atoms with Gasteiger partial charge in [-0.15, -0.1) is 0 Å². The number of likely N-dealkylation sites (tertiary alicyclic amines) is 1. The molecule has 4 rings (SSSR count). The molecule has 1 aliphatic heterocycles.